The largest absolute Gasteiger partial charge is 0.464 e. The number of hydrogen-bond donors (Lipinski definition) is 2. The molecule has 0 fully saturated rings. The fourth-order valence-electron chi connectivity index (χ4n) is 0.665. The molecule has 0 aromatic heterocycles. The number of hydrogen-bond acceptors (Lipinski definition) is 4. The van der Waals surface area contributed by atoms with Crippen LogP contribution in [0.4, 0.5) is 0 Å². The minimum absolute atomic E-state index is 0.0610. The van der Waals surface area contributed by atoms with E-state index in [1.807, 2.05) is 0 Å². The molecule has 1 atom stereocenters. The fraction of sp³-hybridized carbons (Fsp3) is 0.714. The van der Waals surface area contributed by atoms with Gasteiger partial charge in [0.15, 0.2) is 0 Å². The third-order valence-electron chi connectivity index (χ3n) is 1.36. The zero-order valence-electron chi connectivity index (χ0n) is 7.51. The van der Waals surface area contributed by atoms with Gasteiger partial charge in [0.05, 0.1) is 0 Å². The van der Waals surface area contributed by atoms with Crippen molar-refractivity contribution in [1.82, 2.24) is 10.6 Å². The molecule has 0 rings (SSSR count). The van der Waals surface area contributed by atoms with Gasteiger partial charge in [-0.2, -0.15) is 0 Å². The average molecular weight is 174 g/mol. The van der Waals surface area contributed by atoms with E-state index in [0.29, 0.717) is 0 Å². The molecule has 0 aromatic rings. The molecule has 0 heterocycles. The second kappa shape index (κ2) is 5.54. The van der Waals surface area contributed by atoms with E-state index >= 15 is 0 Å². The highest BCUT2D eigenvalue weighted by molar-refractivity contribution is 5.81. The van der Waals surface area contributed by atoms with Crippen molar-refractivity contribution in [3.8, 4) is 0 Å². The molecule has 12 heavy (non-hydrogen) atoms. The van der Waals surface area contributed by atoms with Crippen molar-refractivity contribution < 1.29 is 14.3 Å². The first kappa shape index (κ1) is 10.9. The molecular formula is C7H14N2O3. The standard InChI is InChI=1S/C7H14N2O3/c1-5(10)12-4-6(8-2)7(11)9-3/h6,8H,4H2,1-3H3,(H,9,11). The Labute approximate surface area is 71.5 Å². The van der Waals surface area contributed by atoms with Crippen molar-refractivity contribution in [3.63, 3.8) is 0 Å². The number of likely N-dealkylation sites (N-methyl/N-ethyl adjacent to an activating group) is 2. The Balaban J connectivity index is 3.83. The predicted octanol–water partition coefficient (Wildman–Crippen LogP) is -1.12. The number of carbonyl (C=O) groups is 2. The van der Waals surface area contributed by atoms with Crippen LogP contribution >= 0.6 is 0 Å². The summed E-state index contributed by atoms with van der Waals surface area (Å²) in [5, 5.41) is 5.17. The molecule has 0 radical (unpaired) electrons. The fourth-order valence-corrected chi connectivity index (χ4v) is 0.665. The summed E-state index contributed by atoms with van der Waals surface area (Å²) in [6.07, 6.45) is 0. The smallest absolute Gasteiger partial charge is 0.302 e. The van der Waals surface area contributed by atoms with Crippen LogP contribution in [0.2, 0.25) is 0 Å². The molecule has 70 valence electrons. The molecular weight excluding hydrogens is 160 g/mol. The SMILES string of the molecule is CNC(=O)C(COC(C)=O)NC. The van der Waals surface area contributed by atoms with E-state index in [0.717, 1.165) is 0 Å². The van der Waals surface area contributed by atoms with E-state index in [-0.39, 0.29) is 18.5 Å². The van der Waals surface area contributed by atoms with Crippen molar-refractivity contribution in [1.29, 1.82) is 0 Å². The summed E-state index contributed by atoms with van der Waals surface area (Å²) < 4.78 is 4.66. The van der Waals surface area contributed by atoms with Crippen molar-refractivity contribution in [2.24, 2.45) is 0 Å². The predicted molar refractivity (Wildman–Crippen MR) is 43.5 cm³/mol. The van der Waals surface area contributed by atoms with Crippen molar-refractivity contribution >= 4 is 11.9 Å². The van der Waals surface area contributed by atoms with Gasteiger partial charge < -0.3 is 15.4 Å². The molecule has 0 spiro atoms. The van der Waals surface area contributed by atoms with Gasteiger partial charge >= 0.3 is 5.97 Å². The number of esters is 1. The van der Waals surface area contributed by atoms with Crippen LogP contribution in [0, 0.1) is 0 Å². The number of carbonyl (C=O) groups excluding carboxylic acids is 2. The molecule has 2 N–H and O–H groups in total. The lowest BCUT2D eigenvalue weighted by molar-refractivity contribution is -0.142. The minimum Gasteiger partial charge on any atom is -0.464 e. The summed E-state index contributed by atoms with van der Waals surface area (Å²) in [6, 6.07) is -0.473. The first-order chi connectivity index (χ1) is 5.61. The number of rotatable bonds is 4. The normalized spacial score (nSPS) is 11.9. The second-order valence-electron chi connectivity index (χ2n) is 2.26. The van der Waals surface area contributed by atoms with Crippen LogP contribution in [0.15, 0.2) is 0 Å². The van der Waals surface area contributed by atoms with Gasteiger partial charge in [-0.1, -0.05) is 0 Å². The first-order valence-corrected chi connectivity index (χ1v) is 3.64. The van der Waals surface area contributed by atoms with Gasteiger partial charge in [-0.05, 0) is 7.05 Å². The zero-order chi connectivity index (χ0) is 9.56. The van der Waals surface area contributed by atoms with Crippen LogP contribution in [-0.4, -0.2) is 38.6 Å². The molecule has 0 saturated heterocycles. The second-order valence-corrected chi connectivity index (χ2v) is 2.26. The molecule has 0 aliphatic rings. The van der Waals surface area contributed by atoms with E-state index in [2.05, 4.69) is 15.4 Å². The van der Waals surface area contributed by atoms with Crippen molar-refractivity contribution in [3.05, 3.63) is 0 Å². The van der Waals surface area contributed by atoms with Crippen molar-refractivity contribution in [2.75, 3.05) is 20.7 Å². The molecule has 0 bridgehead atoms. The zero-order valence-corrected chi connectivity index (χ0v) is 7.51. The number of ether oxygens (including phenoxy) is 1. The van der Waals surface area contributed by atoms with Crippen LogP contribution in [0.3, 0.4) is 0 Å². The molecule has 5 heteroatoms. The van der Waals surface area contributed by atoms with Crippen molar-refractivity contribution in [2.45, 2.75) is 13.0 Å². The maximum absolute atomic E-state index is 11.0. The maximum Gasteiger partial charge on any atom is 0.302 e. The van der Waals surface area contributed by atoms with Crippen LogP contribution in [0.1, 0.15) is 6.92 Å². The van der Waals surface area contributed by atoms with E-state index in [9.17, 15) is 9.59 Å². The minimum atomic E-state index is -0.473. The Bertz CT molecular complexity index is 170. The summed E-state index contributed by atoms with van der Waals surface area (Å²) >= 11 is 0. The van der Waals surface area contributed by atoms with E-state index in [1.54, 1.807) is 7.05 Å². The highest BCUT2D eigenvalue weighted by atomic mass is 16.5. The van der Waals surface area contributed by atoms with Gasteiger partial charge in [-0.15, -0.1) is 0 Å². The maximum atomic E-state index is 11.0. The lowest BCUT2D eigenvalue weighted by Crippen LogP contribution is -2.44. The topological polar surface area (TPSA) is 67.4 Å². The Kier molecular flexibility index (Phi) is 5.03. The van der Waals surface area contributed by atoms with E-state index in [4.69, 9.17) is 0 Å². The Morgan fingerprint density at radius 2 is 2.00 bits per heavy atom. The Morgan fingerprint density at radius 1 is 1.42 bits per heavy atom. The summed E-state index contributed by atoms with van der Waals surface area (Å²) in [4.78, 5) is 21.4. The lowest BCUT2D eigenvalue weighted by Gasteiger charge is -2.13. The molecule has 0 aromatic carbocycles. The van der Waals surface area contributed by atoms with Crippen LogP contribution in [0.25, 0.3) is 0 Å². The number of amides is 1. The van der Waals surface area contributed by atoms with E-state index in [1.165, 1.54) is 14.0 Å². The van der Waals surface area contributed by atoms with E-state index < -0.39 is 6.04 Å². The molecule has 5 nitrogen and oxygen atoms in total. The Morgan fingerprint density at radius 3 is 2.33 bits per heavy atom. The highest BCUT2D eigenvalue weighted by Crippen LogP contribution is 1.85. The molecule has 0 aliphatic carbocycles. The summed E-state index contributed by atoms with van der Waals surface area (Å²) in [5.41, 5.74) is 0. The summed E-state index contributed by atoms with van der Waals surface area (Å²) in [6.45, 7) is 1.36. The third kappa shape index (κ3) is 3.92. The molecule has 1 amide bonds. The Hall–Kier alpha value is -1.10. The van der Waals surface area contributed by atoms with Gasteiger partial charge in [-0.3, -0.25) is 9.59 Å². The van der Waals surface area contributed by atoms with Crippen LogP contribution in [-0.2, 0) is 14.3 Å². The van der Waals surface area contributed by atoms with Gasteiger partial charge in [0.25, 0.3) is 0 Å². The molecule has 1 unspecified atom stereocenters. The lowest BCUT2D eigenvalue weighted by atomic mass is 10.3. The summed E-state index contributed by atoms with van der Waals surface area (Å²) in [7, 11) is 3.16. The van der Waals surface area contributed by atoms with Crippen LogP contribution in [0.5, 0.6) is 0 Å². The molecule has 0 aliphatic heterocycles. The monoisotopic (exact) mass is 174 g/mol. The van der Waals surface area contributed by atoms with Gasteiger partial charge in [0.2, 0.25) is 5.91 Å². The molecule has 0 saturated carbocycles. The van der Waals surface area contributed by atoms with Gasteiger partial charge in [0, 0.05) is 14.0 Å². The summed E-state index contributed by atoms with van der Waals surface area (Å²) in [5.74, 6) is -0.585. The van der Waals surface area contributed by atoms with Gasteiger partial charge in [0.1, 0.15) is 12.6 Å². The third-order valence-corrected chi connectivity index (χ3v) is 1.36. The quantitative estimate of drug-likeness (QED) is 0.530. The first-order valence-electron chi connectivity index (χ1n) is 3.64. The number of nitrogens with one attached hydrogen (secondary N) is 2. The van der Waals surface area contributed by atoms with Crippen LogP contribution < -0.4 is 10.6 Å². The highest BCUT2D eigenvalue weighted by Gasteiger charge is 2.15. The van der Waals surface area contributed by atoms with Gasteiger partial charge in [-0.25, -0.2) is 0 Å². The average Bonchev–Trinajstić information content (AvgIpc) is 2.04.